The normalized spacial score (nSPS) is 28.3. The average molecular weight is 288 g/mol. The minimum absolute atomic E-state index is 0.138. The maximum Gasteiger partial charge on any atom is 0.114 e. The van der Waals surface area contributed by atoms with Gasteiger partial charge in [-0.25, -0.2) is 0 Å². The van der Waals surface area contributed by atoms with Crippen LogP contribution >= 0.6 is 0 Å². The quantitative estimate of drug-likeness (QED) is 0.413. The highest BCUT2D eigenvalue weighted by Crippen LogP contribution is 2.21. The average Bonchev–Trinajstić information content (AvgIpc) is 2.82. The van der Waals surface area contributed by atoms with Crippen molar-refractivity contribution in [3.63, 3.8) is 0 Å². The predicted molar refractivity (Wildman–Crippen MR) is 76.5 cm³/mol. The lowest BCUT2D eigenvalue weighted by Gasteiger charge is -2.23. The molecule has 0 aromatic heterocycles. The monoisotopic (exact) mass is 288 g/mol. The van der Waals surface area contributed by atoms with Crippen molar-refractivity contribution in [2.45, 2.75) is 63.4 Å². The molecule has 0 bridgehead atoms. The van der Waals surface area contributed by atoms with Gasteiger partial charge in [0.25, 0.3) is 0 Å². The Balaban J connectivity index is 2.19. The van der Waals surface area contributed by atoms with Gasteiger partial charge in [-0.3, -0.25) is 0 Å². The van der Waals surface area contributed by atoms with E-state index in [2.05, 4.69) is 19.1 Å². The number of aliphatic hydroxyl groups excluding tert-OH is 3. The molecule has 5 heteroatoms. The van der Waals surface area contributed by atoms with Gasteiger partial charge in [-0.05, 0) is 19.3 Å². The fourth-order valence-electron chi connectivity index (χ4n) is 2.28. The molecule has 1 rings (SSSR count). The maximum atomic E-state index is 9.74. The minimum Gasteiger partial charge on any atom is -0.394 e. The SMILES string of the molecule is CCCCC/C=C/CCO[C@@H]1[C@H]([C@@H](O)CO)OC[C@H]1O. The Morgan fingerprint density at radius 2 is 2.05 bits per heavy atom. The van der Waals surface area contributed by atoms with Crippen molar-refractivity contribution < 1.29 is 24.8 Å². The molecule has 1 aliphatic heterocycles. The summed E-state index contributed by atoms with van der Waals surface area (Å²) in [7, 11) is 0. The van der Waals surface area contributed by atoms with Gasteiger partial charge in [0.2, 0.25) is 0 Å². The van der Waals surface area contributed by atoms with Crippen molar-refractivity contribution in [2.75, 3.05) is 19.8 Å². The molecule has 0 amide bonds. The molecule has 5 nitrogen and oxygen atoms in total. The van der Waals surface area contributed by atoms with Crippen LogP contribution in [-0.2, 0) is 9.47 Å². The van der Waals surface area contributed by atoms with E-state index in [0.717, 1.165) is 12.8 Å². The number of aliphatic hydroxyl groups is 3. The molecular weight excluding hydrogens is 260 g/mol. The molecule has 3 N–H and O–H groups in total. The highest BCUT2D eigenvalue weighted by atomic mass is 16.6. The molecule has 0 saturated carbocycles. The lowest BCUT2D eigenvalue weighted by atomic mass is 10.1. The second-order valence-corrected chi connectivity index (χ2v) is 5.21. The van der Waals surface area contributed by atoms with Gasteiger partial charge in [0.15, 0.2) is 0 Å². The third-order valence-electron chi connectivity index (χ3n) is 3.46. The topological polar surface area (TPSA) is 79.2 Å². The summed E-state index contributed by atoms with van der Waals surface area (Å²) in [6.45, 7) is 2.40. The Hall–Kier alpha value is -0.460. The second kappa shape index (κ2) is 10.3. The number of ether oxygens (including phenoxy) is 2. The van der Waals surface area contributed by atoms with Crippen LogP contribution in [0.5, 0.6) is 0 Å². The van der Waals surface area contributed by atoms with Gasteiger partial charge < -0.3 is 24.8 Å². The molecule has 0 aromatic carbocycles. The van der Waals surface area contributed by atoms with E-state index >= 15 is 0 Å². The third-order valence-corrected chi connectivity index (χ3v) is 3.46. The van der Waals surface area contributed by atoms with Crippen molar-refractivity contribution in [3.05, 3.63) is 12.2 Å². The van der Waals surface area contributed by atoms with E-state index in [1.54, 1.807) is 0 Å². The lowest BCUT2D eigenvalue weighted by molar-refractivity contribution is -0.0924. The maximum absolute atomic E-state index is 9.74. The number of hydrogen-bond donors (Lipinski definition) is 3. The van der Waals surface area contributed by atoms with Crippen molar-refractivity contribution in [1.82, 2.24) is 0 Å². The Morgan fingerprint density at radius 3 is 2.75 bits per heavy atom. The van der Waals surface area contributed by atoms with Crippen LogP contribution in [0.4, 0.5) is 0 Å². The molecule has 1 saturated heterocycles. The molecule has 1 heterocycles. The van der Waals surface area contributed by atoms with Crippen molar-refractivity contribution in [1.29, 1.82) is 0 Å². The van der Waals surface area contributed by atoms with Crippen LogP contribution in [0, 0.1) is 0 Å². The Labute approximate surface area is 121 Å². The number of unbranched alkanes of at least 4 members (excludes halogenated alkanes) is 3. The molecule has 20 heavy (non-hydrogen) atoms. The van der Waals surface area contributed by atoms with E-state index < -0.39 is 31.0 Å². The van der Waals surface area contributed by atoms with Gasteiger partial charge in [0.1, 0.15) is 24.4 Å². The van der Waals surface area contributed by atoms with Gasteiger partial charge in [0, 0.05) is 0 Å². The van der Waals surface area contributed by atoms with Crippen LogP contribution in [-0.4, -0.2) is 59.6 Å². The molecule has 4 atom stereocenters. The van der Waals surface area contributed by atoms with Crippen LogP contribution in [0.2, 0.25) is 0 Å². The zero-order valence-electron chi connectivity index (χ0n) is 12.3. The van der Waals surface area contributed by atoms with Crippen molar-refractivity contribution >= 4 is 0 Å². The number of rotatable bonds is 10. The molecule has 0 radical (unpaired) electrons. The largest absolute Gasteiger partial charge is 0.394 e. The molecule has 118 valence electrons. The third kappa shape index (κ3) is 5.89. The van der Waals surface area contributed by atoms with Crippen molar-refractivity contribution in [3.8, 4) is 0 Å². The number of hydrogen-bond acceptors (Lipinski definition) is 5. The van der Waals surface area contributed by atoms with Crippen molar-refractivity contribution in [2.24, 2.45) is 0 Å². The van der Waals surface area contributed by atoms with Crippen LogP contribution in [0.25, 0.3) is 0 Å². The lowest BCUT2D eigenvalue weighted by Crippen LogP contribution is -2.42. The van der Waals surface area contributed by atoms with E-state index in [0.29, 0.717) is 6.61 Å². The smallest absolute Gasteiger partial charge is 0.114 e. The van der Waals surface area contributed by atoms with Gasteiger partial charge in [-0.15, -0.1) is 0 Å². The molecule has 0 spiro atoms. The molecule has 1 fully saturated rings. The predicted octanol–water partition coefficient (Wildman–Crippen LogP) is 1.01. The fourth-order valence-corrected chi connectivity index (χ4v) is 2.28. The molecule has 0 unspecified atom stereocenters. The summed E-state index contributed by atoms with van der Waals surface area (Å²) in [5.41, 5.74) is 0. The fraction of sp³-hybridized carbons (Fsp3) is 0.867. The molecule has 0 aromatic rings. The first-order valence-corrected chi connectivity index (χ1v) is 7.55. The van der Waals surface area contributed by atoms with Crippen LogP contribution in [0.1, 0.15) is 39.0 Å². The Morgan fingerprint density at radius 1 is 1.30 bits per heavy atom. The van der Waals surface area contributed by atoms with Crippen LogP contribution in [0.3, 0.4) is 0 Å². The molecule has 0 aliphatic carbocycles. The summed E-state index contributed by atoms with van der Waals surface area (Å²) in [4.78, 5) is 0. The highest BCUT2D eigenvalue weighted by Gasteiger charge is 2.40. The van der Waals surface area contributed by atoms with Gasteiger partial charge in [-0.1, -0.05) is 31.9 Å². The van der Waals surface area contributed by atoms with Gasteiger partial charge >= 0.3 is 0 Å². The first kappa shape index (κ1) is 17.6. The summed E-state index contributed by atoms with van der Waals surface area (Å²) in [6, 6.07) is 0. The second-order valence-electron chi connectivity index (χ2n) is 5.21. The number of allylic oxidation sites excluding steroid dienone is 1. The first-order chi connectivity index (χ1) is 9.70. The van der Waals surface area contributed by atoms with E-state index in [-0.39, 0.29) is 6.61 Å². The Bertz CT molecular complexity index is 269. The summed E-state index contributed by atoms with van der Waals surface area (Å²) in [5, 5.41) is 28.3. The summed E-state index contributed by atoms with van der Waals surface area (Å²) in [6.07, 6.45) is 6.83. The summed E-state index contributed by atoms with van der Waals surface area (Å²) >= 11 is 0. The van der Waals surface area contributed by atoms with E-state index in [9.17, 15) is 10.2 Å². The van der Waals surface area contributed by atoms with E-state index in [1.807, 2.05) is 0 Å². The van der Waals surface area contributed by atoms with Crippen LogP contribution in [0.15, 0.2) is 12.2 Å². The highest BCUT2D eigenvalue weighted by molar-refractivity contribution is 4.89. The summed E-state index contributed by atoms with van der Waals surface area (Å²) < 4.78 is 10.8. The van der Waals surface area contributed by atoms with Crippen LogP contribution < -0.4 is 0 Å². The first-order valence-electron chi connectivity index (χ1n) is 7.55. The van der Waals surface area contributed by atoms with E-state index in [4.69, 9.17) is 14.6 Å². The van der Waals surface area contributed by atoms with Gasteiger partial charge in [-0.2, -0.15) is 0 Å². The van der Waals surface area contributed by atoms with Gasteiger partial charge in [0.05, 0.1) is 19.8 Å². The zero-order valence-corrected chi connectivity index (χ0v) is 12.3. The minimum atomic E-state index is -1.01. The zero-order chi connectivity index (χ0) is 14.8. The molecule has 1 aliphatic rings. The summed E-state index contributed by atoms with van der Waals surface area (Å²) in [5.74, 6) is 0. The van der Waals surface area contributed by atoms with E-state index in [1.165, 1.54) is 19.3 Å². The Kier molecular flexibility index (Phi) is 9.05. The molecular formula is C15H28O5. The standard InChI is InChI=1S/C15H28O5/c1-2-3-4-5-6-7-8-9-19-15-13(18)11-20-14(15)12(17)10-16/h6-7,12-18H,2-5,8-11H2,1H3/b7-6+/t12-,13+,14-,15-/m0/s1.